The van der Waals surface area contributed by atoms with Gasteiger partial charge in [0, 0.05) is 22.5 Å². The Morgan fingerprint density at radius 2 is 2.26 bits per heavy atom. The van der Waals surface area contributed by atoms with Crippen LogP contribution in [0, 0.1) is 0 Å². The molecule has 0 saturated heterocycles. The van der Waals surface area contributed by atoms with E-state index in [-0.39, 0.29) is 5.84 Å². The van der Waals surface area contributed by atoms with Crippen molar-refractivity contribution in [2.75, 3.05) is 0 Å². The van der Waals surface area contributed by atoms with Crippen LogP contribution < -0.4 is 5.73 Å². The van der Waals surface area contributed by atoms with Crippen molar-refractivity contribution in [1.82, 2.24) is 9.97 Å². The highest BCUT2D eigenvalue weighted by atomic mass is 35.5. The number of aromatic nitrogens is 2. The normalized spacial score (nSPS) is 11.5. The SMILES string of the molecule is N/C(=N/O)c1ccc(CSc2ccncn2)c(Cl)c1. The van der Waals surface area contributed by atoms with Crippen LogP contribution >= 0.6 is 23.4 Å². The van der Waals surface area contributed by atoms with Crippen molar-refractivity contribution < 1.29 is 5.21 Å². The molecule has 0 atom stereocenters. The molecule has 1 aromatic heterocycles. The maximum atomic E-state index is 8.60. The standard InChI is InChI=1S/C12H11ClN4OS/c13-10-5-8(12(14)17-18)1-2-9(10)6-19-11-3-4-15-7-16-11/h1-5,7,18H,6H2,(H2,14,17). The van der Waals surface area contributed by atoms with Gasteiger partial charge in [0.1, 0.15) is 6.33 Å². The average Bonchev–Trinajstić information content (AvgIpc) is 2.46. The van der Waals surface area contributed by atoms with Crippen LogP contribution in [0.15, 0.2) is 47.0 Å². The summed E-state index contributed by atoms with van der Waals surface area (Å²) in [5, 5.41) is 13.0. The van der Waals surface area contributed by atoms with E-state index >= 15 is 0 Å². The van der Waals surface area contributed by atoms with Gasteiger partial charge in [-0.05, 0) is 17.7 Å². The van der Waals surface area contributed by atoms with Crippen LogP contribution in [0.1, 0.15) is 11.1 Å². The zero-order valence-electron chi connectivity index (χ0n) is 9.82. The van der Waals surface area contributed by atoms with Gasteiger partial charge in [0.05, 0.1) is 5.03 Å². The highest BCUT2D eigenvalue weighted by molar-refractivity contribution is 7.98. The minimum Gasteiger partial charge on any atom is -0.409 e. The van der Waals surface area contributed by atoms with E-state index < -0.39 is 0 Å². The molecule has 0 saturated carbocycles. The van der Waals surface area contributed by atoms with Gasteiger partial charge in [0.25, 0.3) is 0 Å². The first-order valence-electron chi connectivity index (χ1n) is 5.36. The van der Waals surface area contributed by atoms with Crippen LogP contribution in [-0.4, -0.2) is 21.0 Å². The fourth-order valence-electron chi connectivity index (χ4n) is 1.40. The van der Waals surface area contributed by atoms with Gasteiger partial charge in [-0.2, -0.15) is 0 Å². The van der Waals surface area contributed by atoms with Crippen LogP contribution in [0.2, 0.25) is 5.02 Å². The summed E-state index contributed by atoms with van der Waals surface area (Å²) in [7, 11) is 0. The molecule has 0 bridgehead atoms. The lowest BCUT2D eigenvalue weighted by atomic mass is 10.1. The number of oxime groups is 1. The Hall–Kier alpha value is -1.79. The molecule has 0 fully saturated rings. The molecular formula is C12H11ClN4OS. The number of benzene rings is 1. The Morgan fingerprint density at radius 3 is 2.89 bits per heavy atom. The fourth-order valence-corrected chi connectivity index (χ4v) is 2.56. The molecule has 0 aliphatic heterocycles. The zero-order chi connectivity index (χ0) is 13.7. The van der Waals surface area contributed by atoms with Gasteiger partial charge >= 0.3 is 0 Å². The van der Waals surface area contributed by atoms with Crippen molar-refractivity contribution >= 4 is 29.2 Å². The topological polar surface area (TPSA) is 84.4 Å². The Kier molecular flexibility index (Phi) is 4.59. The summed E-state index contributed by atoms with van der Waals surface area (Å²) >= 11 is 7.72. The number of hydrogen-bond donors (Lipinski definition) is 2. The second-order valence-corrected chi connectivity index (χ2v) is 5.03. The molecule has 2 rings (SSSR count). The quantitative estimate of drug-likeness (QED) is 0.226. The molecule has 1 aromatic carbocycles. The van der Waals surface area contributed by atoms with Crippen molar-refractivity contribution in [3.63, 3.8) is 0 Å². The number of amidine groups is 1. The van der Waals surface area contributed by atoms with Crippen LogP contribution in [0.3, 0.4) is 0 Å². The van der Waals surface area contributed by atoms with E-state index in [2.05, 4.69) is 15.1 Å². The minimum atomic E-state index is 0.0388. The number of halogens is 1. The highest BCUT2D eigenvalue weighted by Crippen LogP contribution is 2.25. The smallest absolute Gasteiger partial charge is 0.170 e. The van der Waals surface area contributed by atoms with Gasteiger partial charge in [0.2, 0.25) is 0 Å². The molecule has 19 heavy (non-hydrogen) atoms. The highest BCUT2D eigenvalue weighted by Gasteiger charge is 2.06. The number of nitrogens with zero attached hydrogens (tertiary/aromatic N) is 3. The van der Waals surface area contributed by atoms with E-state index in [4.69, 9.17) is 22.5 Å². The summed E-state index contributed by atoms with van der Waals surface area (Å²) in [5.74, 6) is 0.726. The first kappa shape index (κ1) is 13.6. The van der Waals surface area contributed by atoms with Crippen LogP contribution in [-0.2, 0) is 5.75 Å². The Bertz CT molecular complexity index is 592. The predicted octanol–water partition coefficient (Wildman–Crippen LogP) is 2.52. The molecule has 3 N–H and O–H groups in total. The summed E-state index contributed by atoms with van der Waals surface area (Å²) in [6.07, 6.45) is 3.20. The molecule has 0 spiro atoms. The molecule has 0 radical (unpaired) electrons. The molecule has 0 amide bonds. The number of thioether (sulfide) groups is 1. The van der Waals surface area contributed by atoms with E-state index in [0.717, 1.165) is 10.6 Å². The lowest BCUT2D eigenvalue weighted by Gasteiger charge is -2.06. The van der Waals surface area contributed by atoms with Gasteiger partial charge in [-0.25, -0.2) is 9.97 Å². The monoisotopic (exact) mass is 294 g/mol. The summed E-state index contributed by atoms with van der Waals surface area (Å²) in [5.41, 5.74) is 7.04. The summed E-state index contributed by atoms with van der Waals surface area (Å²) in [6, 6.07) is 7.12. The van der Waals surface area contributed by atoms with Gasteiger partial charge in [-0.15, -0.1) is 11.8 Å². The molecule has 98 valence electrons. The molecule has 7 heteroatoms. The van der Waals surface area contributed by atoms with Crippen LogP contribution in [0.25, 0.3) is 0 Å². The Labute approximate surface area is 119 Å². The third-order valence-corrected chi connectivity index (χ3v) is 3.73. The molecular weight excluding hydrogens is 284 g/mol. The average molecular weight is 295 g/mol. The van der Waals surface area contributed by atoms with Gasteiger partial charge in [-0.3, -0.25) is 0 Å². The zero-order valence-corrected chi connectivity index (χ0v) is 11.4. The molecule has 1 heterocycles. The lowest BCUT2D eigenvalue weighted by Crippen LogP contribution is -2.12. The lowest BCUT2D eigenvalue weighted by molar-refractivity contribution is 0.318. The largest absolute Gasteiger partial charge is 0.409 e. The fraction of sp³-hybridized carbons (Fsp3) is 0.0833. The van der Waals surface area contributed by atoms with E-state index in [1.165, 1.54) is 6.33 Å². The summed E-state index contributed by atoms with van der Waals surface area (Å²) in [6.45, 7) is 0. The minimum absolute atomic E-state index is 0.0388. The number of hydrogen-bond acceptors (Lipinski definition) is 5. The number of nitrogens with two attached hydrogens (primary N) is 1. The van der Waals surface area contributed by atoms with E-state index in [1.54, 1.807) is 30.1 Å². The van der Waals surface area contributed by atoms with Crippen molar-refractivity contribution in [1.29, 1.82) is 0 Å². The summed E-state index contributed by atoms with van der Waals surface area (Å²) < 4.78 is 0. The second kappa shape index (κ2) is 6.40. The Morgan fingerprint density at radius 1 is 1.42 bits per heavy atom. The van der Waals surface area contributed by atoms with Crippen molar-refractivity contribution in [2.24, 2.45) is 10.9 Å². The van der Waals surface area contributed by atoms with Gasteiger partial charge in [0.15, 0.2) is 5.84 Å². The van der Waals surface area contributed by atoms with E-state index in [9.17, 15) is 0 Å². The van der Waals surface area contributed by atoms with Crippen molar-refractivity contribution in [2.45, 2.75) is 10.8 Å². The number of rotatable bonds is 4. The molecule has 5 nitrogen and oxygen atoms in total. The molecule has 0 unspecified atom stereocenters. The molecule has 0 aliphatic carbocycles. The maximum Gasteiger partial charge on any atom is 0.170 e. The van der Waals surface area contributed by atoms with Crippen LogP contribution in [0.5, 0.6) is 0 Å². The van der Waals surface area contributed by atoms with E-state index in [1.807, 2.05) is 12.1 Å². The second-order valence-electron chi connectivity index (χ2n) is 3.63. The first-order valence-corrected chi connectivity index (χ1v) is 6.72. The summed E-state index contributed by atoms with van der Waals surface area (Å²) in [4.78, 5) is 7.98. The van der Waals surface area contributed by atoms with Gasteiger partial charge < -0.3 is 10.9 Å². The van der Waals surface area contributed by atoms with E-state index in [0.29, 0.717) is 16.3 Å². The third kappa shape index (κ3) is 3.59. The van der Waals surface area contributed by atoms with Crippen molar-refractivity contribution in [3.8, 4) is 0 Å². The molecule has 2 aromatic rings. The van der Waals surface area contributed by atoms with Crippen LogP contribution in [0.4, 0.5) is 0 Å². The Balaban J connectivity index is 2.10. The van der Waals surface area contributed by atoms with Crippen molar-refractivity contribution in [3.05, 3.63) is 52.9 Å². The third-order valence-electron chi connectivity index (χ3n) is 2.39. The predicted molar refractivity (Wildman–Crippen MR) is 75.6 cm³/mol. The van der Waals surface area contributed by atoms with Gasteiger partial charge in [-0.1, -0.05) is 28.9 Å². The maximum absolute atomic E-state index is 8.60. The first-order chi connectivity index (χ1) is 9.20. The molecule has 0 aliphatic rings.